The van der Waals surface area contributed by atoms with Gasteiger partial charge in [-0.25, -0.2) is 14.4 Å². The maximum atomic E-state index is 14.3. The molecule has 2 saturated heterocycles. The molecule has 2 aliphatic heterocycles. The van der Waals surface area contributed by atoms with E-state index in [0.29, 0.717) is 40.5 Å². The summed E-state index contributed by atoms with van der Waals surface area (Å²) in [6, 6.07) is 8.10. The molecule has 1 aromatic heterocycles. The number of carbonyl (C=O) groups is 1. The van der Waals surface area contributed by atoms with Gasteiger partial charge in [0.25, 0.3) is 0 Å². The van der Waals surface area contributed by atoms with Crippen molar-refractivity contribution in [1.29, 1.82) is 0 Å². The Kier molecular flexibility index (Phi) is 7.11. The standard InChI is InChI=1S/C26H30ClFN6O2/c1-29-22-15-20-18(25(31-16-30-20)32-21-13-17(27)3-4-19(21)28)14-23(22)36-12-2-9-34-10-7-26(8-11-34)6-5-24(35)33-26/h3-4,13-16,29H,2,5-12H2,1H3,(H,33,35)(H,30,31,32). The molecule has 190 valence electrons. The first-order valence-electron chi connectivity index (χ1n) is 12.3. The van der Waals surface area contributed by atoms with Crippen LogP contribution in [0.3, 0.4) is 0 Å². The van der Waals surface area contributed by atoms with Gasteiger partial charge >= 0.3 is 0 Å². The monoisotopic (exact) mass is 512 g/mol. The largest absolute Gasteiger partial charge is 0.491 e. The summed E-state index contributed by atoms with van der Waals surface area (Å²) >= 11 is 6.04. The topological polar surface area (TPSA) is 91.4 Å². The van der Waals surface area contributed by atoms with Gasteiger partial charge in [0.1, 0.15) is 23.7 Å². The van der Waals surface area contributed by atoms with E-state index in [0.717, 1.165) is 51.0 Å². The second-order valence-electron chi connectivity index (χ2n) is 9.46. The van der Waals surface area contributed by atoms with Gasteiger partial charge in [-0.3, -0.25) is 4.79 Å². The van der Waals surface area contributed by atoms with Gasteiger partial charge in [-0.15, -0.1) is 0 Å². The lowest BCUT2D eigenvalue weighted by atomic mass is 9.86. The molecule has 3 aromatic rings. The molecule has 0 radical (unpaired) electrons. The van der Waals surface area contributed by atoms with Crippen LogP contribution < -0.4 is 20.7 Å². The number of fused-ring (bicyclic) bond motifs is 1. The number of aromatic nitrogens is 2. The van der Waals surface area contributed by atoms with E-state index in [4.69, 9.17) is 16.3 Å². The number of rotatable bonds is 8. The minimum Gasteiger partial charge on any atom is -0.491 e. The summed E-state index contributed by atoms with van der Waals surface area (Å²) in [5.74, 6) is 0.915. The Balaban J connectivity index is 1.23. The van der Waals surface area contributed by atoms with Crippen molar-refractivity contribution < 1.29 is 13.9 Å². The van der Waals surface area contributed by atoms with Crippen molar-refractivity contribution in [2.75, 3.05) is 43.9 Å². The van der Waals surface area contributed by atoms with Crippen LogP contribution in [0.25, 0.3) is 10.9 Å². The van der Waals surface area contributed by atoms with E-state index in [1.807, 2.05) is 19.2 Å². The van der Waals surface area contributed by atoms with Crippen LogP contribution in [0.5, 0.6) is 5.75 Å². The molecule has 1 spiro atoms. The number of benzene rings is 2. The molecule has 3 heterocycles. The molecule has 8 nitrogen and oxygen atoms in total. The maximum absolute atomic E-state index is 14.3. The summed E-state index contributed by atoms with van der Waals surface area (Å²) < 4.78 is 20.5. The Hall–Kier alpha value is -3.17. The molecule has 5 rings (SSSR count). The first-order chi connectivity index (χ1) is 17.4. The number of anilines is 3. The van der Waals surface area contributed by atoms with Gasteiger partial charge < -0.3 is 25.6 Å². The van der Waals surface area contributed by atoms with Crippen LogP contribution >= 0.6 is 11.6 Å². The number of halogens is 2. The quantitative estimate of drug-likeness (QED) is 0.376. The van der Waals surface area contributed by atoms with Crippen molar-refractivity contribution >= 4 is 45.6 Å². The lowest BCUT2D eigenvalue weighted by Gasteiger charge is -2.39. The second-order valence-corrected chi connectivity index (χ2v) is 9.90. The number of nitrogens with one attached hydrogen (secondary N) is 3. The molecule has 2 aliphatic rings. The molecule has 0 saturated carbocycles. The van der Waals surface area contributed by atoms with Gasteiger partial charge in [0.05, 0.1) is 23.5 Å². The molecule has 0 bridgehead atoms. The van der Waals surface area contributed by atoms with Crippen LogP contribution in [0, 0.1) is 5.82 Å². The van der Waals surface area contributed by atoms with Crippen LogP contribution in [0.4, 0.5) is 21.6 Å². The van der Waals surface area contributed by atoms with Gasteiger partial charge in [-0.1, -0.05) is 11.6 Å². The van der Waals surface area contributed by atoms with E-state index in [1.54, 1.807) is 0 Å². The number of hydrogen-bond donors (Lipinski definition) is 3. The Bertz CT molecular complexity index is 1260. The fourth-order valence-corrected chi connectivity index (χ4v) is 5.21. The Morgan fingerprint density at radius 3 is 2.75 bits per heavy atom. The molecule has 3 N–H and O–H groups in total. The molecule has 0 unspecified atom stereocenters. The van der Waals surface area contributed by atoms with Crippen LogP contribution in [-0.2, 0) is 4.79 Å². The number of hydrogen-bond acceptors (Lipinski definition) is 7. The predicted molar refractivity (Wildman–Crippen MR) is 140 cm³/mol. The minimum atomic E-state index is -0.423. The Morgan fingerprint density at radius 2 is 2.00 bits per heavy atom. The minimum absolute atomic E-state index is 0.0265. The highest BCUT2D eigenvalue weighted by Crippen LogP contribution is 2.34. The van der Waals surface area contributed by atoms with E-state index in [1.165, 1.54) is 24.5 Å². The van der Waals surface area contributed by atoms with E-state index in [9.17, 15) is 9.18 Å². The van der Waals surface area contributed by atoms with Crippen molar-refractivity contribution in [3.63, 3.8) is 0 Å². The molecule has 0 aliphatic carbocycles. The number of nitrogens with zero attached hydrogens (tertiary/aromatic N) is 3. The second kappa shape index (κ2) is 10.4. The Morgan fingerprint density at radius 1 is 1.17 bits per heavy atom. The number of piperidine rings is 1. The summed E-state index contributed by atoms with van der Waals surface area (Å²) in [7, 11) is 1.83. The SMILES string of the molecule is CNc1cc2ncnc(Nc3cc(Cl)ccc3F)c2cc1OCCCN1CCC2(CCC(=O)N2)CC1. The van der Waals surface area contributed by atoms with Crippen molar-refractivity contribution in [1.82, 2.24) is 20.2 Å². The summed E-state index contributed by atoms with van der Waals surface area (Å²) in [5, 5.41) is 10.5. The average molecular weight is 513 g/mol. The average Bonchev–Trinajstić information content (AvgIpc) is 3.24. The number of amides is 1. The highest BCUT2D eigenvalue weighted by molar-refractivity contribution is 6.30. The first-order valence-corrected chi connectivity index (χ1v) is 12.7. The van der Waals surface area contributed by atoms with Crippen LogP contribution in [0.1, 0.15) is 32.1 Å². The molecule has 36 heavy (non-hydrogen) atoms. The molecule has 2 fully saturated rings. The fourth-order valence-electron chi connectivity index (χ4n) is 5.04. The Labute approximate surface area is 214 Å². The smallest absolute Gasteiger partial charge is 0.220 e. The van der Waals surface area contributed by atoms with Gasteiger partial charge in [-0.2, -0.15) is 0 Å². The molecular formula is C26H30ClFN6O2. The van der Waals surface area contributed by atoms with Gasteiger partial charge in [0.2, 0.25) is 5.91 Å². The molecular weight excluding hydrogens is 483 g/mol. The first kappa shape index (κ1) is 24.5. The summed E-state index contributed by atoms with van der Waals surface area (Å²) in [6.07, 6.45) is 5.96. The summed E-state index contributed by atoms with van der Waals surface area (Å²) in [6.45, 7) is 3.48. The zero-order valence-corrected chi connectivity index (χ0v) is 21.0. The summed E-state index contributed by atoms with van der Waals surface area (Å²) in [4.78, 5) is 22.8. The van der Waals surface area contributed by atoms with Gasteiger partial charge in [-0.05, 0) is 56.0 Å². The maximum Gasteiger partial charge on any atom is 0.220 e. The fraction of sp³-hybridized carbons (Fsp3) is 0.423. The third-order valence-corrected chi connectivity index (χ3v) is 7.35. The number of likely N-dealkylation sites (tertiary alicyclic amines) is 1. The number of carbonyl (C=O) groups excluding carboxylic acids is 1. The van der Waals surface area contributed by atoms with E-state index in [2.05, 4.69) is 30.8 Å². The van der Waals surface area contributed by atoms with E-state index < -0.39 is 5.82 Å². The highest BCUT2D eigenvalue weighted by Gasteiger charge is 2.39. The zero-order chi connectivity index (χ0) is 25.1. The number of ether oxygens (including phenoxy) is 1. The third kappa shape index (κ3) is 5.32. The zero-order valence-electron chi connectivity index (χ0n) is 20.2. The van der Waals surface area contributed by atoms with Crippen LogP contribution in [0.2, 0.25) is 5.02 Å². The third-order valence-electron chi connectivity index (χ3n) is 7.11. The van der Waals surface area contributed by atoms with E-state index >= 15 is 0 Å². The van der Waals surface area contributed by atoms with Crippen molar-refractivity contribution in [3.8, 4) is 5.75 Å². The normalized spacial score (nSPS) is 17.4. The van der Waals surface area contributed by atoms with Crippen molar-refractivity contribution in [2.45, 2.75) is 37.6 Å². The molecule has 10 heteroatoms. The lowest BCUT2D eigenvalue weighted by molar-refractivity contribution is -0.120. The van der Waals surface area contributed by atoms with Crippen LogP contribution in [-0.4, -0.2) is 59.6 Å². The lowest BCUT2D eigenvalue weighted by Crippen LogP contribution is -2.51. The van der Waals surface area contributed by atoms with Gasteiger partial charge in [0.15, 0.2) is 0 Å². The van der Waals surface area contributed by atoms with E-state index in [-0.39, 0.29) is 17.1 Å². The molecule has 2 aromatic carbocycles. The predicted octanol–water partition coefficient (Wildman–Crippen LogP) is 4.72. The van der Waals surface area contributed by atoms with Crippen LogP contribution in [0.15, 0.2) is 36.7 Å². The van der Waals surface area contributed by atoms with Gasteiger partial charge in [0, 0.05) is 49.1 Å². The van der Waals surface area contributed by atoms with Crippen molar-refractivity contribution in [2.24, 2.45) is 0 Å². The highest BCUT2D eigenvalue weighted by atomic mass is 35.5. The van der Waals surface area contributed by atoms with Crippen molar-refractivity contribution in [3.05, 3.63) is 47.5 Å². The molecule has 1 amide bonds. The molecule has 0 atom stereocenters. The summed E-state index contributed by atoms with van der Waals surface area (Å²) in [5.41, 5.74) is 1.78.